The highest BCUT2D eigenvalue weighted by Gasteiger charge is 2.31. The number of nitrogens with one attached hydrogen (secondary N) is 1. The third-order valence-electron chi connectivity index (χ3n) is 4.77. The zero-order valence-corrected chi connectivity index (χ0v) is 16.6. The molecule has 0 saturated carbocycles. The lowest BCUT2D eigenvalue weighted by Gasteiger charge is -2.25. The van der Waals surface area contributed by atoms with Gasteiger partial charge in [0.1, 0.15) is 6.04 Å². The molecule has 8 heteroatoms. The van der Waals surface area contributed by atoms with Crippen LogP contribution in [0.3, 0.4) is 0 Å². The van der Waals surface area contributed by atoms with Crippen molar-refractivity contribution in [1.82, 2.24) is 4.31 Å². The maximum absolute atomic E-state index is 12.9. The molecular formula is C20H23N3O4S. The summed E-state index contributed by atoms with van der Waals surface area (Å²) in [6, 6.07) is 14.7. The van der Waals surface area contributed by atoms with E-state index < -0.39 is 22.0 Å². The fraction of sp³-hybridized carbons (Fsp3) is 0.300. The molecule has 2 aromatic rings. The molecule has 1 atom stereocenters. The van der Waals surface area contributed by atoms with Crippen molar-refractivity contribution in [2.75, 3.05) is 30.1 Å². The second-order valence-electron chi connectivity index (χ2n) is 6.78. The number of hydrogen-bond acceptors (Lipinski definition) is 4. The minimum absolute atomic E-state index is 0.0932. The number of hydrogen-bond donors (Lipinski definition) is 1. The van der Waals surface area contributed by atoms with Gasteiger partial charge in [0.2, 0.25) is 21.8 Å². The van der Waals surface area contributed by atoms with Crippen molar-refractivity contribution in [1.29, 1.82) is 0 Å². The summed E-state index contributed by atoms with van der Waals surface area (Å²) in [5, 5.41) is 2.77. The molecule has 0 unspecified atom stereocenters. The van der Waals surface area contributed by atoms with Crippen molar-refractivity contribution in [2.24, 2.45) is 0 Å². The second kappa shape index (κ2) is 8.12. The number of sulfonamides is 1. The van der Waals surface area contributed by atoms with E-state index in [0.29, 0.717) is 24.2 Å². The fourth-order valence-corrected chi connectivity index (χ4v) is 3.81. The summed E-state index contributed by atoms with van der Waals surface area (Å²) in [5.74, 6) is -0.361. The predicted molar refractivity (Wildman–Crippen MR) is 108 cm³/mol. The largest absolute Gasteiger partial charge is 0.324 e. The second-order valence-corrected chi connectivity index (χ2v) is 8.82. The van der Waals surface area contributed by atoms with Crippen LogP contribution < -0.4 is 10.2 Å². The van der Waals surface area contributed by atoms with E-state index in [9.17, 15) is 18.0 Å². The maximum Gasteiger partial charge on any atom is 0.247 e. The lowest BCUT2D eigenvalue weighted by Crippen LogP contribution is -2.38. The summed E-state index contributed by atoms with van der Waals surface area (Å²) in [5.41, 5.74) is 1.89. The maximum atomic E-state index is 12.9. The molecule has 2 amide bonds. The van der Waals surface area contributed by atoms with E-state index in [1.54, 1.807) is 59.5 Å². The molecule has 0 bridgehead atoms. The Bertz CT molecular complexity index is 959. The van der Waals surface area contributed by atoms with Gasteiger partial charge in [-0.3, -0.25) is 9.59 Å². The molecule has 1 heterocycles. The minimum Gasteiger partial charge on any atom is -0.324 e. The number of rotatable bonds is 6. The molecule has 1 saturated heterocycles. The highest BCUT2D eigenvalue weighted by Crippen LogP contribution is 2.26. The first-order valence-electron chi connectivity index (χ1n) is 8.96. The summed E-state index contributed by atoms with van der Waals surface area (Å²) in [6.45, 7) is 0.694. The summed E-state index contributed by atoms with van der Waals surface area (Å²) >= 11 is 0. The smallest absolute Gasteiger partial charge is 0.247 e. The SMILES string of the molecule is CN([C@@H](C(=O)Nc1ccc(N2CCCC2=O)cc1)c1ccccc1)S(C)(=O)=O. The molecule has 0 spiro atoms. The molecule has 28 heavy (non-hydrogen) atoms. The van der Waals surface area contributed by atoms with E-state index >= 15 is 0 Å². The molecule has 3 rings (SSSR count). The molecule has 148 valence electrons. The Morgan fingerprint density at radius 3 is 2.29 bits per heavy atom. The lowest BCUT2D eigenvalue weighted by atomic mass is 10.1. The Morgan fingerprint density at radius 1 is 1.11 bits per heavy atom. The van der Waals surface area contributed by atoms with Gasteiger partial charge in [0, 0.05) is 31.4 Å². The van der Waals surface area contributed by atoms with Gasteiger partial charge in [0.05, 0.1) is 6.26 Å². The summed E-state index contributed by atoms with van der Waals surface area (Å²) < 4.78 is 25.1. The van der Waals surface area contributed by atoms with Crippen LogP contribution >= 0.6 is 0 Å². The number of amides is 2. The van der Waals surface area contributed by atoms with Crippen LogP contribution in [0, 0.1) is 0 Å². The standard InChI is InChI=1S/C20H23N3O4S/c1-22(28(2,26)27)19(15-7-4-3-5-8-15)20(25)21-16-10-12-17(13-11-16)23-14-6-9-18(23)24/h3-5,7-8,10-13,19H,6,9,14H2,1-2H3,(H,21,25)/t19-/m1/s1. The summed E-state index contributed by atoms with van der Waals surface area (Å²) in [4.78, 5) is 26.5. The van der Waals surface area contributed by atoms with Crippen LogP contribution in [0.4, 0.5) is 11.4 Å². The van der Waals surface area contributed by atoms with E-state index in [0.717, 1.165) is 22.7 Å². The molecule has 0 aromatic heterocycles. The zero-order valence-electron chi connectivity index (χ0n) is 15.8. The monoisotopic (exact) mass is 401 g/mol. The Hall–Kier alpha value is -2.71. The molecule has 2 aromatic carbocycles. The van der Waals surface area contributed by atoms with E-state index in [1.807, 2.05) is 0 Å². The molecule has 1 fully saturated rings. The average Bonchev–Trinajstić information content (AvgIpc) is 3.08. The molecule has 1 aliphatic rings. The van der Waals surface area contributed by atoms with Gasteiger partial charge in [-0.25, -0.2) is 8.42 Å². The van der Waals surface area contributed by atoms with Gasteiger partial charge in [0.25, 0.3) is 0 Å². The van der Waals surface area contributed by atoms with E-state index in [4.69, 9.17) is 0 Å². The van der Waals surface area contributed by atoms with Crippen molar-refractivity contribution >= 4 is 33.2 Å². The van der Waals surface area contributed by atoms with Gasteiger partial charge >= 0.3 is 0 Å². The Balaban J connectivity index is 1.81. The Morgan fingerprint density at radius 2 is 1.75 bits per heavy atom. The summed E-state index contributed by atoms with van der Waals surface area (Å²) in [6.07, 6.45) is 2.46. The first-order valence-corrected chi connectivity index (χ1v) is 10.8. The topological polar surface area (TPSA) is 86.8 Å². The molecule has 1 N–H and O–H groups in total. The number of anilines is 2. The van der Waals surface area contributed by atoms with Crippen molar-refractivity contribution in [3.8, 4) is 0 Å². The van der Waals surface area contributed by atoms with Gasteiger partial charge < -0.3 is 10.2 Å². The van der Waals surface area contributed by atoms with Crippen LogP contribution in [0.1, 0.15) is 24.4 Å². The molecule has 7 nitrogen and oxygen atoms in total. The highest BCUT2D eigenvalue weighted by molar-refractivity contribution is 7.88. The zero-order chi connectivity index (χ0) is 20.3. The number of carbonyl (C=O) groups excluding carboxylic acids is 2. The van der Waals surface area contributed by atoms with E-state index in [1.165, 1.54) is 7.05 Å². The lowest BCUT2D eigenvalue weighted by molar-refractivity contribution is -0.119. The molecular weight excluding hydrogens is 378 g/mol. The quantitative estimate of drug-likeness (QED) is 0.805. The molecule has 1 aliphatic heterocycles. The Labute approximate surface area is 165 Å². The molecule has 0 radical (unpaired) electrons. The third kappa shape index (κ3) is 4.40. The highest BCUT2D eigenvalue weighted by atomic mass is 32.2. The summed E-state index contributed by atoms with van der Waals surface area (Å²) in [7, 11) is -2.20. The first kappa shape index (κ1) is 20.0. The minimum atomic E-state index is -3.58. The number of benzene rings is 2. The van der Waals surface area contributed by atoms with Crippen LogP contribution in [0.25, 0.3) is 0 Å². The fourth-order valence-electron chi connectivity index (χ4n) is 3.21. The van der Waals surface area contributed by atoms with Gasteiger partial charge in [-0.15, -0.1) is 0 Å². The van der Waals surface area contributed by atoms with Crippen molar-refractivity contribution < 1.29 is 18.0 Å². The van der Waals surface area contributed by atoms with E-state index in [-0.39, 0.29) is 5.91 Å². The predicted octanol–water partition coefficient (Wildman–Crippen LogP) is 2.38. The van der Waals surface area contributed by atoms with Crippen molar-refractivity contribution in [3.63, 3.8) is 0 Å². The number of likely N-dealkylation sites (N-methyl/N-ethyl adjacent to an activating group) is 1. The van der Waals surface area contributed by atoms with Crippen LogP contribution in [0.5, 0.6) is 0 Å². The van der Waals surface area contributed by atoms with Gasteiger partial charge in [0.15, 0.2) is 0 Å². The number of carbonyl (C=O) groups is 2. The van der Waals surface area contributed by atoms with Crippen LogP contribution in [-0.4, -0.2) is 44.4 Å². The third-order valence-corrected chi connectivity index (χ3v) is 6.03. The normalized spacial score (nSPS) is 15.7. The van der Waals surface area contributed by atoms with Gasteiger partial charge in [-0.05, 0) is 36.2 Å². The van der Waals surface area contributed by atoms with Crippen LogP contribution in [0.15, 0.2) is 54.6 Å². The van der Waals surface area contributed by atoms with Crippen molar-refractivity contribution in [3.05, 3.63) is 60.2 Å². The number of nitrogens with zero attached hydrogens (tertiary/aromatic N) is 2. The average molecular weight is 401 g/mol. The van der Waals surface area contributed by atoms with Crippen LogP contribution in [-0.2, 0) is 19.6 Å². The Kier molecular flexibility index (Phi) is 5.81. The van der Waals surface area contributed by atoms with E-state index in [2.05, 4.69) is 5.32 Å². The van der Waals surface area contributed by atoms with Crippen molar-refractivity contribution in [2.45, 2.75) is 18.9 Å². The van der Waals surface area contributed by atoms with Gasteiger partial charge in [-0.2, -0.15) is 4.31 Å². The first-order chi connectivity index (χ1) is 13.3. The van der Waals surface area contributed by atoms with Crippen LogP contribution in [0.2, 0.25) is 0 Å². The van der Waals surface area contributed by atoms with Gasteiger partial charge in [-0.1, -0.05) is 30.3 Å². The molecule has 0 aliphatic carbocycles.